The minimum absolute atomic E-state index is 0.594. The Hall–Kier alpha value is -2.22. The molecule has 0 aliphatic rings. The van der Waals surface area contributed by atoms with Gasteiger partial charge >= 0.3 is 0 Å². The van der Waals surface area contributed by atoms with E-state index < -0.39 is 0 Å². The molecule has 0 atom stereocenters. The molecule has 0 radical (unpaired) electrons. The average Bonchev–Trinajstić information content (AvgIpc) is 2.67. The standard InChI is InChI=1S/C14H10O2/c1-7-11-5-6-12-8(2)16-10(4)14(12)13(11)9(3)15-7/h5-6H,1-4H2. The van der Waals surface area contributed by atoms with Gasteiger partial charge in [-0.2, -0.15) is 0 Å². The molecule has 0 saturated carbocycles. The van der Waals surface area contributed by atoms with E-state index in [1.807, 2.05) is 12.1 Å². The maximum atomic E-state index is 5.43. The monoisotopic (exact) mass is 210 g/mol. The molecular weight excluding hydrogens is 200 g/mol. The molecule has 78 valence electrons. The van der Waals surface area contributed by atoms with Crippen LogP contribution in [0.1, 0.15) is 0 Å². The summed E-state index contributed by atoms with van der Waals surface area (Å²) in [5.74, 6) is 0. The van der Waals surface area contributed by atoms with Gasteiger partial charge in [-0.1, -0.05) is 26.3 Å². The highest BCUT2D eigenvalue weighted by Crippen LogP contribution is 2.15. The van der Waals surface area contributed by atoms with Crippen LogP contribution >= 0.6 is 0 Å². The molecule has 2 nitrogen and oxygen atoms in total. The van der Waals surface area contributed by atoms with E-state index in [2.05, 4.69) is 26.3 Å². The first-order chi connectivity index (χ1) is 7.59. The Labute approximate surface area is 91.1 Å². The smallest absolute Gasteiger partial charge is 0.129 e. The summed E-state index contributed by atoms with van der Waals surface area (Å²) in [5, 5.41) is 3.74. The summed E-state index contributed by atoms with van der Waals surface area (Å²) >= 11 is 0. The van der Waals surface area contributed by atoms with Crippen molar-refractivity contribution in [3.05, 3.63) is 33.8 Å². The lowest BCUT2D eigenvalue weighted by Crippen LogP contribution is -1.98. The minimum Gasteiger partial charge on any atom is -0.457 e. The fraction of sp³-hybridized carbons (Fsp3) is 0. The van der Waals surface area contributed by atoms with Crippen LogP contribution in [0.15, 0.2) is 21.0 Å². The maximum absolute atomic E-state index is 5.43. The van der Waals surface area contributed by atoms with Gasteiger partial charge in [0.2, 0.25) is 0 Å². The van der Waals surface area contributed by atoms with Crippen molar-refractivity contribution >= 4 is 47.9 Å². The summed E-state index contributed by atoms with van der Waals surface area (Å²) in [6, 6.07) is 3.89. The predicted molar refractivity (Wildman–Crippen MR) is 66.6 cm³/mol. The fourth-order valence-corrected chi connectivity index (χ4v) is 2.16. The Balaban J connectivity index is 2.92. The maximum Gasteiger partial charge on any atom is 0.129 e. The quantitative estimate of drug-likeness (QED) is 0.549. The van der Waals surface area contributed by atoms with Crippen molar-refractivity contribution in [2.75, 3.05) is 0 Å². The van der Waals surface area contributed by atoms with Crippen LogP contribution in [0.3, 0.4) is 0 Å². The molecule has 2 aromatic heterocycles. The van der Waals surface area contributed by atoms with Crippen molar-refractivity contribution in [1.29, 1.82) is 0 Å². The second-order valence-corrected chi connectivity index (χ2v) is 3.81. The topological polar surface area (TPSA) is 26.3 Å². The third-order valence-electron chi connectivity index (χ3n) is 2.86. The molecule has 0 fully saturated rings. The highest BCUT2D eigenvalue weighted by Gasteiger charge is 2.09. The van der Waals surface area contributed by atoms with Crippen molar-refractivity contribution in [3.8, 4) is 0 Å². The fourth-order valence-electron chi connectivity index (χ4n) is 2.16. The number of rotatable bonds is 0. The zero-order valence-electron chi connectivity index (χ0n) is 8.80. The van der Waals surface area contributed by atoms with Crippen LogP contribution < -0.4 is 21.7 Å². The van der Waals surface area contributed by atoms with Crippen LogP contribution in [0, 0.1) is 0 Å². The minimum atomic E-state index is 0.594. The van der Waals surface area contributed by atoms with E-state index in [0.29, 0.717) is 21.7 Å². The van der Waals surface area contributed by atoms with E-state index in [1.54, 1.807) is 0 Å². The molecule has 1 aromatic carbocycles. The lowest BCUT2D eigenvalue weighted by atomic mass is 10.1. The summed E-state index contributed by atoms with van der Waals surface area (Å²) < 4.78 is 10.9. The van der Waals surface area contributed by atoms with E-state index in [-0.39, 0.29) is 0 Å². The largest absolute Gasteiger partial charge is 0.457 e. The van der Waals surface area contributed by atoms with E-state index in [1.165, 1.54) is 0 Å². The molecule has 0 saturated heterocycles. The molecule has 0 spiro atoms. The van der Waals surface area contributed by atoms with Crippen molar-refractivity contribution < 1.29 is 8.83 Å². The van der Waals surface area contributed by atoms with Gasteiger partial charge in [-0.05, 0) is 12.1 Å². The van der Waals surface area contributed by atoms with Gasteiger partial charge in [0.1, 0.15) is 21.7 Å². The molecule has 0 bridgehead atoms. The Morgan fingerprint density at radius 1 is 0.625 bits per heavy atom. The Morgan fingerprint density at radius 2 is 1.00 bits per heavy atom. The lowest BCUT2D eigenvalue weighted by molar-refractivity contribution is 0.508. The van der Waals surface area contributed by atoms with Gasteiger partial charge in [0.15, 0.2) is 0 Å². The summed E-state index contributed by atoms with van der Waals surface area (Å²) in [7, 11) is 0. The number of benzene rings is 1. The van der Waals surface area contributed by atoms with Crippen LogP contribution in [0.4, 0.5) is 0 Å². The van der Waals surface area contributed by atoms with Gasteiger partial charge in [-0.15, -0.1) is 0 Å². The molecule has 2 heterocycles. The van der Waals surface area contributed by atoms with Crippen molar-refractivity contribution in [1.82, 2.24) is 0 Å². The highest BCUT2D eigenvalue weighted by atomic mass is 16.3. The number of hydrogen-bond acceptors (Lipinski definition) is 2. The molecule has 0 aliphatic carbocycles. The number of furan rings is 2. The Morgan fingerprint density at radius 3 is 1.38 bits per heavy atom. The van der Waals surface area contributed by atoms with Crippen molar-refractivity contribution in [2.45, 2.75) is 0 Å². The van der Waals surface area contributed by atoms with Crippen LogP contribution in [0.5, 0.6) is 0 Å². The second kappa shape index (κ2) is 2.67. The highest BCUT2D eigenvalue weighted by molar-refractivity contribution is 6.07. The van der Waals surface area contributed by atoms with E-state index >= 15 is 0 Å². The number of fused-ring (bicyclic) bond motifs is 3. The summed E-state index contributed by atoms with van der Waals surface area (Å²) in [5.41, 5.74) is 2.42. The first kappa shape index (κ1) is 9.04. The first-order valence-corrected chi connectivity index (χ1v) is 4.89. The molecule has 0 N–H and O–H groups in total. The normalized spacial score (nSPS) is 11.5. The van der Waals surface area contributed by atoms with Gasteiger partial charge in [0, 0.05) is 21.5 Å². The van der Waals surface area contributed by atoms with E-state index in [9.17, 15) is 0 Å². The van der Waals surface area contributed by atoms with Crippen LogP contribution in [0.2, 0.25) is 0 Å². The van der Waals surface area contributed by atoms with E-state index in [0.717, 1.165) is 21.5 Å². The number of hydrogen-bond donors (Lipinski definition) is 0. The van der Waals surface area contributed by atoms with E-state index in [4.69, 9.17) is 8.83 Å². The SMILES string of the molecule is C=c1oc(=C)c2c1ccc1c(=C)oc(=C)c12. The van der Waals surface area contributed by atoms with Crippen LogP contribution in [-0.4, -0.2) is 0 Å². The van der Waals surface area contributed by atoms with Gasteiger partial charge in [-0.3, -0.25) is 0 Å². The molecule has 0 aliphatic heterocycles. The van der Waals surface area contributed by atoms with Gasteiger partial charge in [0.25, 0.3) is 0 Å². The van der Waals surface area contributed by atoms with Crippen molar-refractivity contribution in [2.24, 2.45) is 0 Å². The zero-order valence-corrected chi connectivity index (χ0v) is 8.80. The molecule has 0 unspecified atom stereocenters. The summed E-state index contributed by atoms with van der Waals surface area (Å²) in [6.45, 7) is 15.4. The molecule has 3 aromatic rings. The molecule has 16 heavy (non-hydrogen) atoms. The first-order valence-electron chi connectivity index (χ1n) is 4.89. The van der Waals surface area contributed by atoms with Crippen molar-refractivity contribution in [3.63, 3.8) is 0 Å². The Kier molecular flexibility index (Phi) is 1.51. The molecular formula is C14H10O2. The van der Waals surface area contributed by atoms with Gasteiger partial charge < -0.3 is 8.83 Å². The third-order valence-corrected chi connectivity index (χ3v) is 2.86. The average molecular weight is 210 g/mol. The summed E-state index contributed by atoms with van der Waals surface area (Å²) in [4.78, 5) is 0. The summed E-state index contributed by atoms with van der Waals surface area (Å²) in [6.07, 6.45) is 0. The second-order valence-electron chi connectivity index (χ2n) is 3.81. The van der Waals surface area contributed by atoms with Crippen LogP contribution in [-0.2, 0) is 0 Å². The molecule has 3 rings (SSSR count). The zero-order chi connectivity index (χ0) is 11.4. The molecule has 0 amide bonds. The molecule has 2 heteroatoms. The van der Waals surface area contributed by atoms with Crippen LogP contribution in [0.25, 0.3) is 47.9 Å². The van der Waals surface area contributed by atoms with Gasteiger partial charge in [0.05, 0.1) is 0 Å². The lowest BCUT2D eigenvalue weighted by Gasteiger charge is -1.90. The van der Waals surface area contributed by atoms with Gasteiger partial charge in [-0.25, -0.2) is 0 Å². The Bertz CT molecular complexity index is 832. The predicted octanol–water partition coefficient (Wildman–Crippen LogP) is 0.820. The third kappa shape index (κ3) is 0.910.